The van der Waals surface area contributed by atoms with Crippen LogP contribution in [0.1, 0.15) is 24.6 Å². The van der Waals surface area contributed by atoms with Gasteiger partial charge in [-0.15, -0.1) is 0 Å². The molecule has 1 N–H and O–H groups in total. The van der Waals surface area contributed by atoms with Gasteiger partial charge in [-0.25, -0.2) is 4.98 Å². The maximum atomic E-state index is 11.8. The molecule has 0 aliphatic heterocycles. The normalized spacial score (nSPS) is 10.5. The molecule has 17 heavy (non-hydrogen) atoms. The molecule has 2 aromatic heterocycles. The van der Waals surface area contributed by atoms with Crippen LogP contribution in [-0.2, 0) is 6.42 Å². The van der Waals surface area contributed by atoms with Crippen molar-refractivity contribution in [2.24, 2.45) is 0 Å². The first-order valence-electron chi connectivity index (χ1n) is 5.72. The van der Waals surface area contributed by atoms with Gasteiger partial charge in [0.25, 0.3) is 5.56 Å². The third-order valence-corrected chi connectivity index (χ3v) is 2.62. The van der Waals surface area contributed by atoms with E-state index in [1.165, 1.54) is 6.33 Å². The Morgan fingerprint density at radius 2 is 2.18 bits per heavy atom. The van der Waals surface area contributed by atoms with Gasteiger partial charge in [-0.1, -0.05) is 13.3 Å². The van der Waals surface area contributed by atoms with Gasteiger partial charge in [-0.2, -0.15) is 0 Å². The zero-order valence-electron chi connectivity index (χ0n) is 10.0. The molecule has 0 aromatic carbocycles. The highest BCUT2D eigenvalue weighted by Crippen LogP contribution is 2.19. The highest BCUT2D eigenvalue weighted by molar-refractivity contribution is 5.62. The van der Waals surface area contributed by atoms with E-state index in [2.05, 4.69) is 15.0 Å². The molecule has 0 radical (unpaired) electrons. The SMILES string of the molecule is CCCc1c(-c2ccnc(C)c2)nc[nH]c1=O. The predicted octanol–water partition coefficient (Wildman–Crippen LogP) is 2.09. The second-order valence-corrected chi connectivity index (χ2v) is 3.99. The lowest BCUT2D eigenvalue weighted by atomic mass is 10.0. The van der Waals surface area contributed by atoms with Crippen molar-refractivity contribution in [2.45, 2.75) is 26.7 Å². The number of aromatic amines is 1. The molecule has 2 heterocycles. The van der Waals surface area contributed by atoms with E-state index in [1.54, 1.807) is 6.20 Å². The number of aromatic nitrogens is 3. The van der Waals surface area contributed by atoms with Crippen molar-refractivity contribution in [1.82, 2.24) is 15.0 Å². The van der Waals surface area contributed by atoms with Gasteiger partial charge in [0.15, 0.2) is 0 Å². The molecule has 0 fully saturated rings. The molecule has 0 amide bonds. The topological polar surface area (TPSA) is 58.6 Å². The Hall–Kier alpha value is -1.97. The summed E-state index contributed by atoms with van der Waals surface area (Å²) in [5, 5.41) is 0. The molecular formula is C13H15N3O. The van der Waals surface area contributed by atoms with Gasteiger partial charge >= 0.3 is 0 Å². The lowest BCUT2D eigenvalue weighted by molar-refractivity contribution is 0.888. The van der Waals surface area contributed by atoms with Gasteiger partial charge in [0.2, 0.25) is 0 Å². The standard InChI is InChI=1S/C13H15N3O/c1-3-4-11-12(15-8-16-13(11)17)10-5-6-14-9(2)7-10/h5-8H,3-4H2,1-2H3,(H,15,16,17). The van der Waals surface area contributed by atoms with Gasteiger partial charge in [-0.05, 0) is 25.5 Å². The summed E-state index contributed by atoms with van der Waals surface area (Å²) in [5.74, 6) is 0. The molecule has 0 aliphatic rings. The van der Waals surface area contributed by atoms with Crippen LogP contribution in [0.5, 0.6) is 0 Å². The Balaban J connectivity index is 2.59. The number of nitrogens with zero attached hydrogens (tertiary/aromatic N) is 2. The molecule has 0 bridgehead atoms. The fourth-order valence-corrected chi connectivity index (χ4v) is 1.85. The highest BCUT2D eigenvalue weighted by atomic mass is 16.1. The molecule has 0 saturated heterocycles. The Labute approximate surface area is 99.8 Å². The van der Waals surface area contributed by atoms with Crippen LogP contribution in [0.3, 0.4) is 0 Å². The minimum absolute atomic E-state index is 0.0497. The molecule has 4 nitrogen and oxygen atoms in total. The van der Waals surface area contributed by atoms with E-state index in [4.69, 9.17) is 0 Å². The van der Waals surface area contributed by atoms with E-state index in [0.29, 0.717) is 0 Å². The van der Waals surface area contributed by atoms with Crippen molar-refractivity contribution in [3.8, 4) is 11.3 Å². The summed E-state index contributed by atoms with van der Waals surface area (Å²) in [5.41, 5.74) is 3.34. The predicted molar refractivity (Wildman–Crippen MR) is 66.8 cm³/mol. The molecule has 0 spiro atoms. The van der Waals surface area contributed by atoms with Crippen molar-refractivity contribution in [2.75, 3.05) is 0 Å². The first-order chi connectivity index (χ1) is 8.22. The van der Waals surface area contributed by atoms with Crippen molar-refractivity contribution >= 4 is 0 Å². The van der Waals surface area contributed by atoms with Crippen LogP contribution in [0.15, 0.2) is 29.5 Å². The van der Waals surface area contributed by atoms with E-state index >= 15 is 0 Å². The highest BCUT2D eigenvalue weighted by Gasteiger charge is 2.09. The van der Waals surface area contributed by atoms with E-state index in [9.17, 15) is 4.79 Å². The minimum Gasteiger partial charge on any atom is -0.313 e. The summed E-state index contributed by atoms with van der Waals surface area (Å²) in [6, 6.07) is 3.83. The molecule has 2 aromatic rings. The van der Waals surface area contributed by atoms with Crippen LogP contribution in [-0.4, -0.2) is 15.0 Å². The molecule has 0 atom stereocenters. The third kappa shape index (κ3) is 2.41. The van der Waals surface area contributed by atoms with Gasteiger partial charge in [0.1, 0.15) is 0 Å². The Morgan fingerprint density at radius 3 is 2.88 bits per heavy atom. The Kier molecular flexibility index (Phi) is 3.32. The molecule has 0 unspecified atom stereocenters. The van der Waals surface area contributed by atoms with Crippen LogP contribution < -0.4 is 5.56 Å². The fourth-order valence-electron chi connectivity index (χ4n) is 1.85. The van der Waals surface area contributed by atoms with E-state index < -0.39 is 0 Å². The zero-order valence-corrected chi connectivity index (χ0v) is 10.0. The molecule has 0 saturated carbocycles. The molecular weight excluding hydrogens is 214 g/mol. The number of rotatable bonds is 3. The monoisotopic (exact) mass is 229 g/mol. The maximum Gasteiger partial charge on any atom is 0.254 e. The molecule has 4 heteroatoms. The van der Waals surface area contributed by atoms with Crippen LogP contribution >= 0.6 is 0 Å². The summed E-state index contributed by atoms with van der Waals surface area (Å²) >= 11 is 0. The molecule has 88 valence electrons. The average molecular weight is 229 g/mol. The lowest BCUT2D eigenvalue weighted by Crippen LogP contribution is -2.14. The van der Waals surface area contributed by atoms with Crippen LogP contribution in [0.2, 0.25) is 0 Å². The largest absolute Gasteiger partial charge is 0.313 e. The van der Waals surface area contributed by atoms with Crippen LogP contribution in [0, 0.1) is 6.92 Å². The number of hydrogen-bond acceptors (Lipinski definition) is 3. The van der Waals surface area contributed by atoms with Crippen molar-refractivity contribution < 1.29 is 0 Å². The molecule has 0 aliphatic carbocycles. The van der Waals surface area contributed by atoms with E-state index in [0.717, 1.165) is 35.4 Å². The number of hydrogen-bond donors (Lipinski definition) is 1. The second kappa shape index (κ2) is 4.91. The van der Waals surface area contributed by atoms with Gasteiger partial charge in [0, 0.05) is 23.0 Å². The van der Waals surface area contributed by atoms with Gasteiger partial charge < -0.3 is 4.98 Å². The maximum absolute atomic E-state index is 11.8. The van der Waals surface area contributed by atoms with Crippen LogP contribution in [0.4, 0.5) is 0 Å². The van der Waals surface area contributed by atoms with Gasteiger partial charge in [-0.3, -0.25) is 9.78 Å². The van der Waals surface area contributed by atoms with Crippen molar-refractivity contribution in [3.63, 3.8) is 0 Å². The number of nitrogens with one attached hydrogen (secondary N) is 1. The van der Waals surface area contributed by atoms with Crippen molar-refractivity contribution in [1.29, 1.82) is 0 Å². The number of H-pyrrole nitrogens is 1. The number of aryl methyl sites for hydroxylation is 1. The Morgan fingerprint density at radius 1 is 1.35 bits per heavy atom. The smallest absolute Gasteiger partial charge is 0.254 e. The summed E-state index contributed by atoms with van der Waals surface area (Å²) in [7, 11) is 0. The zero-order chi connectivity index (χ0) is 12.3. The number of pyridine rings is 1. The minimum atomic E-state index is -0.0497. The van der Waals surface area contributed by atoms with Crippen molar-refractivity contribution in [3.05, 3.63) is 46.3 Å². The summed E-state index contributed by atoms with van der Waals surface area (Å²) < 4.78 is 0. The fraction of sp³-hybridized carbons (Fsp3) is 0.308. The quantitative estimate of drug-likeness (QED) is 0.876. The van der Waals surface area contributed by atoms with Crippen LogP contribution in [0.25, 0.3) is 11.3 Å². The summed E-state index contributed by atoms with van der Waals surface area (Å²) in [6.07, 6.45) is 4.85. The second-order valence-electron chi connectivity index (χ2n) is 3.99. The first-order valence-corrected chi connectivity index (χ1v) is 5.72. The first kappa shape index (κ1) is 11.5. The van der Waals surface area contributed by atoms with Gasteiger partial charge in [0.05, 0.1) is 12.0 Å². The average Bonchev–Trinajstić information content (AvgIpc) is 2.32. The lowest BCUT2D eigenvalue weighted by Gasteiger charge is -2.06. The third-order valence-electron chi connectivity index (χ3n) is 2.62. The summed E-state index contributed by atoms with van der Waals surface area (Å²) in [6.45, 7) is 3.98. The molecule has 2 rings (SSSR count). The van der Waals surface area contributed by atoms with E-state index in [-0.39, 0.29) is 5.56 Å². The van der Waals surface area contributed by atoms with E-state index in [1.807, 2.05) is 26.0 Å². The Bertz CT molecular complexity index is 575. The summed E-state index contributed by atoms with van der Waals surface area (Å²) in [4.78, 5) is 22.8.